The largest absolute Gasteiger partial charge is 0.340 e. The average molecular weight is 212 g/mol. The zero-order valence-electron chi connectivity index (χ0n) is 10.0. The third kappa shape index (κ3) is 3.82. The van der Waals surface area contributed by atoms with Gasteiger partial charge in [-0.25, -0.2) is 0 Å². The Morgan fingerprint density at radius 2 is 2.20 bits per heavy atom. The molecule has 1 saturated heterocycles. The molecule has 0 saturated carbocycles. The molecule has 0 aromatic heterocycles. The first kappa shape index (κ1) is 12.5. The Balaban J connectivity index is 2.52. The zero-order valence-corrected chi connectivity index (χ0v) is 10.0. The maximum absolute atomic E-state index is 11.8. The van der Waals surface area contributed by atoms with Gasteiger partial charge in [0, 0.05) is 25.6 Å². The minimum atomic E-state index is 0.253. The summed E-state index contributed by atoms with van der Waals surface area (Å²) >= 11 is 0. The van der Waals surface area contributed by atoms with Gasteiger partial charge in [-0.15, -0.1) is 0 Å². The quantitative estimate of drug-likeness (QED) is 0.772. The Morgan fingerprint density at radius 1 is 1.47 bits per heavy atom. The van der Waals surface area contributed by atoms with Gasteiger partial charge in [-0.2, -0.15) is 0 Å². The van der Waals surface area contributed by atoms with E-state index in [1.54, 1.807) is 0 Å². The Hall–Kier alpha value is -0.570. The van der Waals surface area contributed by atoms with Crippen LogP contribution in [0.1, 0.15) is 46.0 Å². The van der Waals surface area contributed by atoms with Gasteiger partial charge in [-0.05, 0) is 31.6 Å². The van der Waals surface area contributed by atoms with Crippen molar-refractivity contribution < 1.29 is 4.79 Å². The van der Waals surface area contributed by atoms with E-state index in [1.165, 1.54) is 12.8 Å². The first-order valence-corrected chi connectivity index (χ1v) is 6.14. The van der Waals surface area contributed by atoms with Gasteiger partial charge in [0.15, 0.2) is 0 Å². The molecule has 1 heterocycles. The van der Waals surface area contributed by atoms with Gasteiger partial charge in [-0.3, -0.25) is 4.79 Å². The summed E-state index contributed by atoms with van der Waals surface area (Å²) < 4.78 is 0. The highest BCUT2D eigenvalue weighted by Gasteiger charge is 2.26. The number of carbonyl (C=O) groups excluding carboxylic acids is 1. The first-order chi connectivity index (χ1) is 7.15. The third-order valence-corrected chi connectivity index (χ3v) is 3.05. The molecule has 15 heavy (non-hydrogen) atoms. The lowest BCUT2D eigenvalue weighted by molar-refractivity contribution is -0.135. The number of amides is 1. The van der Waals surface area contributed by atoms with Crippen molar-refractivity contribution in [1.82, 2.24) is 4.90 Å². The Bertz CT molecular complexity index is 204. The molecule has 0 bridgehead atoms. The summed E-state index contributed by atoms with van der Waals surface area (Å²) in [6, 6.07) is 0.470. The molecule has 1 aliphatic rings. The van der Waals surface area contributed by atoms with Crippen LogP contribution in [0.25, 0.3) is 0 Å². The van der Waals surface area contributed by atoms with E-state index in [2.05, 4.69) is 18.7 Å². The molecule has 3 nitrogen and oxygen atoms in total. The monoisotopic (exact) mass is 212 g/mol. The van der Waals surface area contributed by atoms with Crippen LogP contribution in [0.15, 0.2) is 0 Å². The van der Waals surface area contributed by atoms with Crippen LogP contribution in [0.5, 0.6) is 0 Å². The lowest BCUT2D eigenvalue weighted by Crippen LogP contribution is -2.44. The zero-order chi connectivity index (χ0) is 11.3. The second-order valence-electron chi connectivity index (χ2n) is 4.90. The normalized spacial score (nSPS) is 22.1. The molecular formula is C12H24N2O. The number of likely N-dealkylation sites (tertiary alicyclic amines) is 1. The fourth-order valence-corrected chi connectivity index (χ4v) is 2.39. The summed E-state index contributed by atoms with van der Waals surface area (Å²) in [6.07, 6.45) is 5.24. The maximum Gasteiger partial charge on any atom is 0.224 e. The van der Waals surface area contributed by atoms with E-state index in [4.69, 9.17) is 5.73 Å². The van der Waals surface area contributed by atoms with E-state index >= 15 is 0 Å². The van der Waals surface area contributed by atoms with Crippen LogP contribution >= 0.6 is 0 Å². The SMILES string of the molecule is CC(C)CC1CCCCN1C(=O)CCN. The van der Waals surface area contributed by atoms with Gasteiger partial charge < -0.3 is 10.6 Å². The van der Waals surface area contributed by atoms with Crippen molar-refractivity contribution in [3.05, 3.63) is 0 Å². The minimum absolute atomic E-state index is 0.253. The van der Waals surface area contributed by atoms with Crippen LogP contribution in [0.4, 0.5) is 0 Å². The molecule has 88 valence electrons. The predicted molar refractivity (Wildman–Crippen MR) is 62.5 cm³/mol. The summed E-state index contributed by atoms with van der Waals surface area (Å²) in [5.74, 6) is 0.920. The van der Waals surface area contributed by atoms with E-state index in [1.807, 2.05) is 0 Å². The molecule has 1 aliphatic heterocycles. The molecule has 0 aliphatic carbocycles. The molecule has 0 aromatic carbocycles. The minimum Gasteiger partial charge on any atom is -0.340 e. The smallest absolute Gasteiger partial charge is 0.224 e. The van der Waals surface area contributed by atoms with Gasteiger partial charge in [0.05, 0.1) is 0 Å². The van der Waals surface area contributed by atoms with Crippen molar-refractivity contribution >= 4 is 5.91 Å². The van der Waals surface area contributed by atoms with Gasteiger partial charge in [0.2, 0.25) is 5.91 Å². The van der Waals surface area contributed by atoms with Crippen LogP contribution in [0.2, 0.25) is 0 Å². The van der Waals surface area contributed by atoms with Crippen LogP contribution in [-0.2, 0) is 4.79 Å². The van der Waals surface area contributed by atoms with Crippen molar-refractivity contribution in [3.63, 3.8) is 0 Å². The molecule has 1 atom stereocenters. The van der Waals surface area contributed by atoms with Crippen molar-refractivity contribution in [1.29, 1.82) is 0 Å². The van der Waals surface area contributed by atoms with Gasteiger partial charge in [0.1, 0.15) is 0 Å². The van der Waals surface area contributed by atoms with Crippen LogP contribution in [0, 0.1) is 5.92 Å². The van der Waals surface area contributed by atoms with Crippen molar-refractivity contribution in [2.24, 2.45) is 11.7 Å². The highest BCUT2D eigenvalue weighted by molar-refractivity contribution is 5.76. The fourth-order valence-electron chi connectivity index (χ4n) is 2.39. The van der Waals surface area contributed by atoms with Crippen molar-refractivity contribution in [2.75, 3.05) is 13.1 Å². The molecule has 3 heteroatoms. The number of carbonyl (C=O) groups is 1. The Labute approximate surface area is 93.0 Å². The van der Waals surface area contributed by atoms with Crippen LogP contribution < -0.4 is 5.73 Å². The lowest BCUT2D eigenvalue weighted by atomic mass is 9.94. The molecule has 1 unspecified atom stereocenters. The lowest BCUT2D eigenvalue weighted by Gasteiger charge is -2.36. The maximum atomic E-state index is 11.8. The first-order valence-electron chi connectivity index (χ1n) is 6.14. The Kier molecular flexibility index (Phi) is 5.09. The molecule has 1 rings (SSSR count). The summed E-state index contributed by atoms with van der Waals surface area (Å²) in [7, 11) is 0. The molecule has 0 radical (unpaired) electrons. The summed E-state index contributed by atoms with van der Waals surface area (Å²) in [5.41, 5.74) is 5.44. The van der Waals surface area contributed by atoms with Crippen molar-refractivity contribution in [3.8, 4) is 0 Å². The van der Waals surface area contributed by atoms with E-state index in [9.17, 15) is 4.79 Å². The van der Waals surface area contributed by atoms with Crippen LogP contribution in [-0.4, -0.2) is 29.9 Å². The molecular weight excluding hydrogens is 188 g/mol. The molecule has 1 amide bonds. The average Bonchev–Trinajstić information content (AvgIpc) is 2.18. The summed E-state index contributed by atoms with van der Waals surface area (Å²) in [4.78, 5) is 13.9. The van der Waals surface area contributed by atoms with Crippen LogP contribution in [0.3, 0.4) is 0 Å². The van der Waals surface area contributed by atoms with Crippen molar-refractivity contribution in [2.45, 2.75) is 52.0 Å². The number of piperidine rings is 1. The molecule has 0 spiro atoms. The predicted octanol–water partition coefficient (Wildman–Crippen LogP) is 1.76. The standard InChI is InChI=1S/C12H24N2O/c1-10(2)9-11-5-3-4-8-14(11)12(15)6-7-13/h10-11H,3-9,13H2,1-2H3. The van der Waals surface area contributed by atoms with E-state index in [-0.39, 0.29) is 5.91 Å². The fraction of sp³-hybridized carbons (Fsp3) is 0.917. The molecule has 2 N–H and O–H groups in total. The highest BCUT2D eigenvalue weighted by Crippen LogP contribution is 2.23. The summed E-state index contributed by atoms with van der Waals surface area (Å²) in [6.45, 7) is 5.86. The summed E-state index contributed by atoms with van der Waals surface area (Å²) in [5, 5.41) is 0. The number of hydrogen-bond donors (Lipinski definition) is 1. The van der Waals surface area contributed by atoms with E-state index in [0.717, 1.165) is 19.4 Å². The molecule has 0 aromatic rings. The second-order valence-corrected chi connectivity index (χ2v) is 4.90. The van der Waals surface area contributed by atoms with E-state index in [0.29, 0.717) is 24.9 Å². The topological polar surface area (TPSA) is 46.3 Å². The van der Waals surface area contributed by atoms with Gasteiger partial charge in [0.25, 0.3) is 0 Å². The van der Waals surface area contributed by atoms with Gasteiger partial charge in [-0.1, -0.05) is 13.8 Å². The van der Waals surface area contributed by atoms with E-state index < -0.39 is 0 Å². The number of nitrogens with zero attached hydrogens (tertiary/aromatic N) is 1. The Morgan fingerprint density at radius 3 is 2.80 bits per heavy atom. The van der Waals surface area contributed by atoms with Gasteiger partial charge >= 0.3 is 0 Å². The number of nitrogens with two attached hydrogens (primary N) is 1. The highest BCUT2D eigenvalue weighted by atomic mass is 16.2. The molecule has 1 fully saturated rings. The third-order valence-electron chi connectivity index (χ3n) is 3.05. The number of rotatable bonds is 4. The number of hydrogen-bond acceptors (Lipinski definition) is 2. The second kappa shape index (κ2) is 6.11.